The number of hydrogen-bond acceptors (Lipinski definition) is 6. The van der Waals surface area contributed by atoms with Gasteiger partial charge in [0.25, 0.3) is 0 Å². The number of rotatable bonds is 2. The lowest BCUT2D eigenvalue weighted by Crippen LogP contribution is -2.43. The van der Waals surface area contributed by atoms with Crippen LogP contribution in [0.4, 0.5) is 4.39 Å². The molecule has 0 fully saturated rings. The SMILES string of the molecule is C=C1N=C(N)C=CN1[C@@H]1C(F)=C(CO)[C@@H](O)[C@H]1O. The second-order valence-electron chi connectivity index (χ2n) is 4.09. The second kappa shape index (κ2) is 4.52. The third kappa shape index (κ3) is 1.82. The molecule has 1 heterocycles. The maximum absolute atomic E-state index is 14.0. The summed E-state index contributed by atoms with van der Waals surface area (Å²) in [5.41, 5.74) is 5.23. The van der Waals surface area contributed by atoms with E-state index in [1.807, 2.05) is 0 Å². The van der Waals surface area contributed by atoms with Gasteiger partial charge in [-0.2, -0.15) is 0 Å². The molecule has 2 rings (SSSR count). The van der Waals surface area contributed by atoms with Gasteiger partial charge in [0.2, 0.25) is 0 Å². The van der Waals surface area contributed by atoms with Gasteiger partial charge in [-0.1, -0.05) is 6.58 Å². The smallest absolute Gasteiger partial charge is 0.130 e. The van der Waals surface area contributed by atoms with Crippen LogP contribution in [-0.2, 0) is 0 Å². The van der Waals surface area contributed by atoms with Gasteiger partial charge in [-0.05, 0) is 6.08 Å². The van der Waals surface area contributed by atoms with E-state index in [9.17, 15) is 14.6 Å². The first-order valence-electron chi connectivity index (χ1n) is 5.32. The van der Waals surface area contributed by atoms with Gasteiger partial charge in [-0.15, -0.1) is 0 Å². The highest BCUT2D eigenvalue weighted by Crippen LogP contribution is 2.34. The van der Waals surface area contributed by atoms with Crippen molar-refractivity contribution >= 4 is 5.84 Å². The molecular weight excluding hydrogens is 241 g/mol. The first kappa shape index (κ1) is 12.7. The van der Waals surface area contributed by atoms with E-state index in [0.717, 1.165) is 0 Å². The Morgan fingerprint density at radius 2 is 2.17 bits per heavy atom. The Balaban J connectivity index is 2.33. The highest BCUT2D eigenvalue weighted by Gasteiger charge is 2.44. The summed E-state index contributed by atoms with van der Waals surface area (Å²) in [6.45, 7) is 2.94. The van der Waals surface area contributed by atoms with E-state index in [0.29, 0.717) is 0 Å². The van der Waals surface area contributed by atoms with Crippen molar-refractivity contribution in [3.05, 3.63) is 36.1 Å². The van der Waals surface area contributed by atoms with Crippen LogP contribution in [0.2, 0.25) is 0 Å². The van der Waals surface area contributed by atoms with Crippen molar-refractivity contribution in [2.45, 2.75) is 18.2 Å². The lowest BCUT2D eigenvalue weighted by Gasteiger charge is -2.31. The average Bonchev–Trinajstić information content (AvgIpc) is 2.52. The molecule has 1 aliphatic heterocycles. The summed E-state index contributed by atoms with van der Waals surface area (Å²) < 4.78 is 14.0. The lowest BCUT2D eigenvalue weighted by molar-refractivity contribution is 0.0162. The van der Waals surface area contributed by atoms with E-state index in [2.05, 4.69) is 11.6 Å². The minimum atomic E-state index is -1.44. The fraction of sp³-hybridized carbons (Fsp3) is 0.364. The summed E-state index contributed by atoms with van der Waals surface area (Å²) in [5, 5.41) is 28.4. The summed E-state index contributed by atoms with van der Waals surface area (Å²) in [7, 11) is 0. The Kier molecular flexibility index (Phi) is 3.20. The third-order valence-electron chi connectivity index (χ3n) is 3.00. The van der Waals surface area contributed by atoms with E-state index < -0.39 is 30.7 Å². The molecule has 98 valence electrons. The van der Waals surface area contributed by atoms with E-state index >= 15 is 0 Å². The molecule has 0 bridgehead atoms. The topological polar surface area (TPSA) is 102 Å². The maximum Gasteiger partial charge on any atom is 0.130 e. The predicted octanol–water partition coefficient (Wildman–Crippen LogP) is -1.04. The Labute approximate surface area is 103 Å². The van der Waals surface area contributed by atoms with Gasteiger partial charge in [-0.3, -0.25) is 0 Å². The minimum absolute atomic E-state index is 0.153. The first-order valence-corrected chi connectivity index (χ1v) is 5.32. The summed E-state index contributed by atoms with van der Waals surface area (Å²) >= 11 is 0. The number of aliphatic imine (C=N–C) groups is 1. The Morgan fingerprint density at radius 1 is 1.50 bits per heavy atom. The number of halogens is 1. The monoisotopic (exact) mass is 255 g/mol. The van der Waals surface area contributed by atoms with Gasteiger partial charge >= 0.3 is 0 Å². The molecule has 0 aromatic heterocycles. The van der Waals surface area contributed by atoms with Crippen molar-refractivity contribution in [2.24, 2.45) is 10.7 Å². The van der Waals surface area contributed by atoms with Crippen LogP contribution in [-0.4, -0.2) is 50.9 Å². The molecule has 0 aromatic carbocycles. The average molecular weight is 255 g/mol. The molecule has 5 N–H and O–H groups in total. The largest absolute Gasteiger partial charge is 0.392 e. The number of aliphatic hydroxyl groups excluding tert-OH is 3. The van der Waals surface area contributed by atoms with E-state index in [1.165, 1.54) is 17.2 Å². The third-order valence-corrected chi connectivity index (χ3v) is 3.00. The number of hydrogen-bond donors (Lipinski definition) is 4. The van der Waals surface area contributed by atoms with Crippen molar-refractivity contribution in [1.82, 2.24) is 4.90 Å². The molecular formula is C11H14FN3O3. The molecule has 0 aromatic rings. The summed E-state index contributed by atoms with van der Waals surface area (Å²) in [5.74, 6) is -0.407. The zero-order valence-electron chi connectivity index (χ0n) is 9.49. The zero-order valence-corrected chi connectivity index (χ0v) is 9.49. The molecule has 0 amide bonds. The second-order valence-corrected chi connectivity index (χ2v) is 4.09. The summed E-state index contributed by atoms with van der Waals surface area (Å²) in [6, 6.07) is -1.15. The zero-order chi connectivity index (χ0) is 13.4. The Hall–Kier alpha value is -1.70. The van der Waals surface area contributed by atoms with Gasteiger partial charge in [-0.25, -0.2) is 9.38 Å². The highest BCUT2D eigenvalue weighted by atomic mass is 19.1. The van der Waals surface area contributed by atoms with Crippen LogP contribution in [0.25, 0.3) is 0 Å². The molecule has 0 unspecified atom stereocenters. The number of aliphatic hydroxyl groups is 3. The quantitative estimate of drug-likeness (QED) is 0.505. The van der Waals surface area contributed by atoms with Crippen LogP contribution in [0.3, 0.4) is 0 Å². The normalized spacial score (nSPS) is 32.2. The molecule has 18 heavy (non-hydrogen) atoms. The highest BCUT2D eigenvalue weighted by molar-refractivity contribution is 5.92. The molecule has 0 radical (unpaired) electrons. The minimum Gasteiger partial charge on any atom is -0.392 e. The van der Waals surface area contributed by atoms with Crippen LogP contribution in [0.15, 0.2) is 41.1 Å². The Morgan fingerprint density at radius 3 is 2.67 bits per heavy atom. The predicted molar refractivity (Wildman–Crippen MR) is 62.8 cm³/mol. The van der Waals surface area contributed by atoms with Crippen LogP contribution < -0.4 is 5.73 Å². The van der Waals surface area contributed by atoms with E-state index in [4.69, 9.17) is 10.8 Å². The summed E-state index contributed by atoms with van der Waals surface area (Å²) in [6.07, 6.45) is 0.0101. The van der Waals surface area contributed by atoms with Gasteiger partial charge in [0.15, 0.2) is 0 Å². The molecule has 3 atom stereocenters. The number of nitrogens with zero attached hydrogens (tertiary/aromatic N) is 2. The standard InChI is InChI=1S/C11H14FN3O3/c1-5-14-7(13)2-3-15(5)9-8(12)6(4-16)10(17)11(9)18/h2-3,9-11,16-18H,1,4H2,(H2,13,14)/t9-,10-,11+/m1/s1. The fourth-order valence-electron chi connectivity index (χ4n) is 2.06. The van der Waals surface area contributed by atoms with Crippen molar-refractivity contribution in [1.29, 1.82) is 0 Å². The molecule has 1 aliphatic carbocycles. The van der Waals surface area contributed by atoms with Gasteiger partial charge in [0.05, 0.1) is 6.61 Å². The van der Waals surface area contributed by atoms with Crippen molar-refractivity contribution in [3.63, 3.8) is 0 Å². The van der Waals surface area contributed by atoms with E-state index in [-0.39, 0.29) is 17.2 Å². The molecule has 0 spiro atoms. The van der Waals surface area contributed by atoms with Gasteiger partial charge < -0.3 is 26.0 Å². The van der Waals surface area contributed by atoms with Crippen molar-refractivity contribution in [3.8, 4) is 0 Å². The van der Waals surface area contributed by atoms with Gasteiger partial charge in [0, 0.05) is 11.8 Å². The molecule has 2 aliphatic rings. The van der Waals surface area contributed by atoms with Crippen LogP contribution in [0.1, 0.15) is 0 Å². The molecule has 7 heteroatoms. The Bertz CT molecular complexity index is 472. The van der Waals surface area contributed by atoms with Crippen molar-refractivity contribution < 1.29 is 19.7 Å². The molecule has 6 nitrogen and oxygen atoms in total. The number of amidine groups is 1. The van der Waals surface area contributed by atoms with Gasteiger partial charge in [0.1, 0.15) is 35.7 Å². The lowest BCUT2D eigenvalue weighted by atomic mass is 10.1. The van der Waals surface area contributed by atoms with Crippen molar-refractivity contribution in [2.75, 3.05) is 6.61 Å². The van der Waals surface area contributed by atoms with Crippen LogP contribution in [0.5, 0.6) is 0 Å². The van der Waals surface area contributed by atoms with E-state index in [1.54, 1.807) is 0 Å². The molecule has 0 saturated carbocycles. The first-order chi connectivity index (χ1) is 8.47. The maximum atomic E-state index is 14.0. The molecule has 0 saturated heterocycles. The fourth-order valence-corrected chi connectivity index (χ4v) is 2.06. The van der Waals surface area contributed by atoms with Crippen LogP contribution in [0, 0.1) is 0 Å². The number of nitrogens with two attached hydrogens (primary N) is 1. The van der Waals surface area contributed by atoms with Crippen LogP contribution >= 0.6 is 0 Å². The summed E-state index contributed by atoms with van der Waals surface area (Å²) in [4.78, 5) is 5.11.